The van der Waals surface area contributed by atoms with Gasteiger partial charge < -0.3 is 14.5 Å². The number of para-hydroxylation sites is 2. The van der Waals surface area contributed by atoms with Crippen molar-refractivity contribution in [2.45, 2.75) is 20.4 Å². The number of hydrogen-bond acceptors (Lipinski definition) is 3. The lowest BCUT2D eigenvalue weighted by atomic mass is 10.1. The van der Waals surface area contributed by atoms with Crippen LogP contribution in [-0.2, 0) is 11.3 Å². The molecule has 0 aliphatic heterocycles. The Morgan fingerprint density at radius 2 is 1.47 bits per heavy atom. The maximum atomic E-state index is 13.3. The first-order chi connectivity index (χ1) is 15.5. The number of carbonyl (C=O) groups excluding carboxylic acids is 2. The van der Waals surface area contributed by atoms with E-state index in [4.69, 9.17) is 4.74 Å². The fraction of sp³-hybridized carbons (Fsp3) is 0.231. The number of nitrogens with zero attached hydrogens (tertiary/aromatic N) is 2. The molecule has 0 bridgehead atoms. The number of anilines is 1. The Morgan fingerprint density at radius 1 is 0.844 bits per heavy atom. The molecule has 0 N–H and O–H groups in total. The quantitative estimate of drug-likeness (QED) is 0.392. The molecular formula is C26H27BrN2O3. The van der Waals surface area contributed by atoms with E-state index in [1.807, 2.05) is 86.6 Å². The maximum Gasteiger partial charge on any atom is 0.265 e. The van der Waals surface area contributed by atoms with Crippen LogP contribution in [0.3, 0.4) is 0 Å². The number of halogens is 1. The first-order valence-electron chi connectivity index (χ1n) is 10.6. The molecule has 6 heteroatoms. The van der Waals surface area contributed by atoms with Gasteiger partial charge in [0.15, 0.2) is 6.61 Å². The Labute approximate surface area is 197 Å². The zero-order valence-electron chi connectivity index (χ0n) is 18.3. The predicted octanol–water partition coefficient (Wildman–Crippen LogP) is 5.54. The van der Waals surface area contributed by atoms with E-state index in [-0.39, 0.29) is 18.4 Å². The van der Waals surface area contributed by atoms with Gasteiger partial charge in [0, 0.05) is 17.6 Å². The smallest absolute Gasteiger partial charge is 0.265 e. The zero-order chi connectivity index (χ0) is 22.9. The van der Waals surface area contributed by atoms with Gasteiger partial charge in [0.1, 0.15) is 5.75 Å². The van der Waals surface area contributed by atoms with Gasteiger partial charge in [-0.25, -0.2) is 0 Å². The van der Waals surface area contributed by atoms with Gasteiger partial charge in [0.05, 0.1) is 17.8 Å². The van der Waals surface area contributed by atoms with Gasteiger partial charge in [-0.3, -0.25) is 9.59 Å². The fourth-order valence-electron chi connectivity index (χ4n) is 3.39. The van der Waals surface area contributed by atoms with Crippen LogP contribution in [-0.4, -0.2) is 36.4 Å². The first-order valence-corrected chi connectivity index (χ1v) is 11.4. The highest BCUT2D eigenvalue weighted by molar-refractivity contribution is 9.10. The summed E-state index contributed by atoms with van der Waals surface area (Å²) in [7, 11) is 0. The second-order valence-corrected chi connectivity index (χ2v) is 8.12. The van der Waals surface area contributed by atoms with Crippen molar-refractivity contribution in [2.75, 3.05) is 24.6 Å². The van der Waals surface area contributed by atoms with Crippen LogP contribution in [0.4, 0.5) is 5.69 Å². The minimum absolute atomic E-state index is 0.0943. The second kappa shape index (κ2) is 11.5. The fourth-order valence-corrected chi connectivity index (χ4v) is 3.66. The van der Waals surface area contributed by atoms with Crippen LogP contribution < -0.4 is 9.64 Å². The summed E-state index contributed by atoms with van der Waals surface area (Å²) in [6.07, 6.45) is 0. The summed E-state index contributed by atoms with van der Waals surface area (Å²) in [5.74, 6) is 0.302. The van der Waals surface area contributed by atoms with Crippen molar-refractivity contribution in [2.24, 2.45) is 0 Å². The lowest BCUT2D eigenvalue weighted by Crippen LogP contribution is -2.37. The molecule has 32 heavy (non-hydrogen) atoms. The van der Waals surface area contributed by atoms with Crippen molar-refractivity contribution < 1.29 is 14.3 Å². The second-order valence-electron chi connectivity index (χ2n) is 7.20. The average molecular weight is 495 g/mol. The topological polar surface area (TPSA) is 49.9 Å². The standard InChI is InChI=1S/C26H27BrN2O3/c1-3-28(4-2)26(31)23-12-8-9-13-24(23)29(18-20-14-16-21(27)17-15-20)25(30)19-32-22-10-6-5-7-11-22/h5-17H,3-4,18-19H2,1-2H3. The van der Waals surface area contributed by atoms with Crippen molar-refractivity contribution in [3.8, 4) is 5.75 Å². The summed E-state index contributed by atoms with van der Waals surface area (Å²) in [6, 6.07) is 24.3. The van der Waals surface area contributed by atoms with E-state index in [1.54, 1.807) is 15.9 Å². The molecule has 0 aliphatic rings. The predicted molar refractivity (Wildman–Crippen MR) is 131 cm³/mol. The molecule has 3 rings (SSSR count). The number of hydrogen-bond donors (Lipinski definition) is 0. The summed E-state index contributed by atoms with van der Waals surface area (Å²) < 4.78 is 6.68. The molecule has 2 amide bonds. The monoisotopic (exact) mass is 494 g/mol. The van der Waals surface area contributed by atoms with Crippen molar-refractivity contribution in [3.63, 3.8) is 0 Å². The van der Waals surface area contributed by atoms with Gasteiger partial charge in [-0.1, -0.05) is 58.4 Å². The molecule has 0 aromatic heterocycles. The zero-order valence-corrected chi connectivity index (χ0v) is 19.9. The summed E-state index contributed by atoms with van der Waals surface area (Å²) in [5.41, 5.74) is 2.03. The molecule has 0 radical (unpaired) electrons. The van der Waals surface area contributed by atoms with Crippen LogP contribution in [0.15, 0.2) is 83.3 Å². The van der Waals surface area contributed by atoms with E-state index >= 15 is 0 Å². The summed E-state index contributed by atoms with van der Waals surface area (Å²) >= 11 is 3.45. The number of benzene rings is 3. The Hall–Kier alpha value is -3.12. The van der Waals surface area contributed by atoms with Crippen molar-refractivity contribution in [3.05, 3.63) is 94.5 Å². The normalized spacial score (nSPS) is 10.5. The maximum absolute atomic E-state index is 13.3. The average Bonchev–Trinajstić information content (AvgIpc) is 2.83. The van der Waals surface area contributed by atoms with Crippen LogP contribution in [0.5, 0.6) is 5.75 Å². The lowest BCUT2D eigenvalue weighted by Gasteiger charge is -2.27. The molecule has 0 atom stereocenters. The minimum atomic E-state index is -0.225. The van der Waals surface area contributed by atoms with Crippen LogP contribution in [0.1, 0.15) is 29.8 Å². The Morgan fingerprint density at radius 3 is 2.12 bits per heavy atom. The van der Waals surface area contributed by atoms with E-state index in [0.717, 1.165) is 10.0 Å². The highest BCUT2D eigenvalue weighted by Gasteiger charge is 2.24. The number of rotatable bonds is 9. The van der Waals surface area contributed by atoms with Crippen LogP contribution >= 0.6 is 15.9 Å². The molecule has 0 saturated heterocycles. The Kier molecular flexibility index (Phi) is 8.45. The van der Waals surface area contributed by atoms with Crippen LogP contribution in [0, 0.1) is 0 Å². The molecule has 3 aromatic carbocycles. The van der Waals surface area contributed by atoms with Crippen molar-refractivity contribution in [1.29, 1.82) is 0 Å². The number of amides is 2. The van der Waals surface area contributed by atoms with E-state index < -0.39 is 0 Å². The van der Waals surface area contributed by atoms with E-state index in [0.29, 0.717) is 36.6 Å². The number of ether oxygens (including phenoxy) is 1. The lowest BCUT2D eigenvalue weighted by molar-refractivity contribution is -0.120. The van der Waals surface area contributed by atoms with Gasteiger partial charge in [-0.15, -0.1) is 0 Å². The van der Waals surface area contributed by atoms with Gasteiger partial charge in [0.2, 0.25) is 0 Å². The van der Waals surface area contributed by atoms with E-state index in [1.165, 1.54) is 0 Å². The van der Waals surface area contributed by atoms with Gasteiger partial charge >= 0.3 is 0 Å². The Bertz CT molecular complexity index is 1030. The third kappa shape index (κ3) is 5.98. The summed E-state index contributed by atoms with van der Waals surface area (Å²) in [6.45, 7) is 5.29. The third-order valence-electron chi connectivity index (χ3n) is 5.14. The van der Waals surface area contributed by atoms with Crippen molar-refractivity contribution in [1.82, 2.24) is 4.90 Å². The molecule has 0 spiro atoms. The van der Waals surface area contributed by atoms with Crippen LogP contribution in [0.2, 0.25) is 0 Å². The van der Waals surface area contributed by atoms with Crippen LogP contribution in [0.25, 0.3) is 0 Å². The molecule has 5 nitrogen and oxygen atoms in total. The summed E-state index contributed by atoms with van der Waals surface area (Å²) in [4.78, 5) is 29.9. The molecule has 0 aliphatic carbocycles. The molecule has 3 aromatic rings. The van der Waals surface area contributed by atoms with E-state index in [9.17, 15) is 9.59 Å². The molecule has 0 heterocycles. The Balaban J connectivity index is 1.94. The number of carbonyl (C=O) groups is 2. The largest absolute Gasteiger partial charge is 0.484 e. The van der Waals surface area contributed by atoms with Gasteiger partial charge in [-0.05, 0) is 55.8 Å². The summed E-state index contributed by atoms with van der Waals surface area (Å²) in [5, 5.41) is 0. The highest BCUT2D eigenvalue weighted by atomic mass is 79.9. The van der Waals surface area contributed by atoms with E-state index in [2.05, 4.69) is 15.9 Å². The minimum Gasteiger partial charge on any atom is -0.484 e. The molecule has 0 fully saturated rings. The van der Waals surface area contributed by atoms with Crippen molar-refractivity contribution >= 4 is 33.4 Å². The SMILES string of the molecule is CCN(CC)C(=O)c1ccccc1N(Cc1ccc(Br)cc1)C(=O)COc1ccccc1. The molecule has 0 saturated carbocycles. The molecular weight excluding hydrogens is 468 g/mol. The highest BCUT2D eigenvalue weighted by Crippen LogP contribution is 2.25. The molecule has 0 unspecified atom stereocenters. The first kappa shape index (κ1) is 23.5. The molecule has 166 valence electrons. The third-order valence-corrected chi connectivity index (χ3v) is 5.67. The van der Waals surface area contributed by atoms with Gasteiger partial charge in [-0.2, -0.15) is 0 Å². The van der Waals surface area contributed by atoms with Gasteiger partial charge in [0.25, 0.3) is 11.8 Å².